The molecule has 2 N–H and O–H groups in total. The van der Waals surface area contributed by atoms with Crippen molar-refractivity contribution in [1.82, 2.24) is 0 Å². The van der Waals surface area contributed by atoms with Gasteiger partial charge in [-0.2, -0.15) is 0 Å². The monoisotopic (exact) mass is 136 g/mol. The molecule has 0 unspecified atom stereocenters. The second kappa shape index (κ2) is 27.5. The summed E-state index contributed by atoms with van der Waals surface area (Å²) in [4.78, 5) is 17.8. The Morgan fingerprint density at radius 1 is 1.44 bits per heavy atom. The second-order valence-electron chi connectivity index (χ2n) is 0.755. The van der Waals surface area contributed by atoms with Gasteiger partial charge in [-0.3, -0.25) is 4.79 Å². The van der Waals surface area contributed by atoms with Crippen LogP contribution in [0.2, 0.25) is 0 Å². The third kappa shape index (κ3) is 228. The summed E-state index contributed by atoms with van der Waals surface area (Å²) in [7, 11) is 1.00. The van der Waals surface area contributed by atoms with Gasteiger partial charge < -0.3 is 15.0 Å². The summed E-state index contributed by atoms with van der Waals surface area (Å²) < 4.78 is 0. The number of carboxylic acids is 1. The maximum absolute atomic E-state index is 9.00. The highest BCUT2D eigenvalue weighted by atomic mass is 16.4. The van der Waals surface area contributed by atoms with Gasteiger partial charge in [0.25, 0.3) is 5.97 Å². The largest absolute Gasteiger partial charge is 0.481 e. The van der Waals surface area contributed by atoms with Gasteiger partial charge in [0, 0.05) is 14.0 Å². The third-order valence-corrected chi connectivity index (χ3v) is 0. The summed E-state index contributed by atoms with van der Waals surface area (Å²) in [6, 6.07) is 0. The zero-order valence-electron chi connectivity index (χ0n) is 5.79. The van der Waals surface area contributed by atoms with Crippen molar-refractivity contribution in [3.63, 3.8) is 0 Å². The molecule has 56 valence electrons. The lowest BCUT2D eigenvalue weighted by molar-refractivity contribution is -0.134. The number of hydrogen-bond donors (Lipinski definition) is 2. The molecular formula is C5H12O4. The van der Waals surface area contributed by atoms with Crippen molar-refractivity contribution in [2.75, 3.05) is 7.11 Å². The molecule has 0 heterocycles. The molecule has 4 nitrogen and oxygen atoms in total. The lowest BCUT2D eigenvalue weighted by Crippen LogP contribution is -1.78. The predicted octanol–water partition coefficient (Wildman–Crippen LogP) is -0.0954. The Labute approximate surface area is 54.1 Å². The van der Waals surface area contributed by atoms with Gasteiger partial charge in [0.05, 0.1) is 0 Å². The van der Waals surface area contributed by atoms with E-state index in [1.165, 1.54) is 6.92 Å². The van der Waals surface area contributed by atoms with Crippen molar-refractivity contribution in [2.24, 2.45) is 0 Å². The van der Waals surface area contributed by atoms with E-state index in [1.54, 1.807) is 0 Å². The van der Waals surface area contributed by atoms with Crippen LogP contribution in [0.4, 0.5) is 0 Å². The first-order valence-electron chi connectivity index (χ1n) is 2.19. The Kier molecular flexibility index (Phi) is 48.0. The van der Waals surface area contributed by atoms with Crippen LogP contribution < -0.4 is 0 Å². The van der Waals surface area contributed by atoms with Crippen molar-refractivity contribution in [1.29, 1.82) is 0 Å². The van der Waals surface area contributed by atoms with Gasteiger partial charge in [-0.15, -0.1) is 0 Å². The van der Waals surface area contributed by atoms with Gasteiger partial charge in [-0.25, -0.2) is 0 Å². The van der Waals surface area contributed by atoms with E-state index in [9.17, 15) is 0 Å². The molecule has 0 atom stereocenters. The van der Waals surface area contributed by atoms with Crippen LogP contribution in [0.3, 0.4) is 0 Å². The molecule has 0 aliphatic heterocycles. The molecule has 0 bridgehead atoms. The topological polar surface area (TPSA) is 74.6 Å². The Balaban J connectivity index is -0.0000000646. The number of rotatable bonds is 0. The van der Waals surface area contributed by atoms with Crippen molar-refractivity contribution < 1.29 is 19.8 Å². The third-order valence-electron chi connectivity index (χ3n) is 0. The molecule has 0 aromatic heterocycles. The first kappa shape index (κ1) is 15.7. The molecule has 0 aliphatic rings. The summed E-state index contributed by atoms with van der Waals surface area (Å²) in [5.41, 5.74) is 0. The van der Waals surface area contributed by atoms with E-state index in [2.05, 4.69) is 0 Å². The SMILES string of the molecule is CC(=O)O.CC=O.CO. The number of aliphatic hydroxyl groups is 1. The van der Waals surface area contributed by atoms with Crippen molar-refractivity contribution in [3.05, 3.63) is 0 Å². The molecule has 0 amide bonds. The average Bonchev–Trinajstić information content (AvgIpc) is 1.71. The van der Waals surface area contributed by atoms with E-state index < -0.39 is 5.97 Å². The Morgan fingerprint density at radius 2 is 1.44 bits per heavy atom. The summed E-state index contributed by atoms with van der Waals surface area (Å²) in [6.07, 6.45) is 0.750. The van der Waals surface area contributed by atoms with Gasteiger partial charge in [-0.05, 0) is 6.92 Å². The highest BCUT2D eigenvalue weighted by Gasteiger charge is 1.65. The van der Waals surface area contributed by atoms with Gasteiger partial charge in [0.2, 0.25) is 0 Å². The highest BCUT2D eigenvalue weighted by Crippen LogP contribution is 1.42. The van der Waals surface area contributed by atoms with Crippen LogP contribution >= 0.6 is 0 Å². The summed E-state index contributed by atoms with van der Waals surface area (Å²) in [5, 5.41) is 14.4. The molecule has 0 aromatic rings. The lowest BCUT2D eigenvalue weighted by Gasteiger charge is -1.59. The second-order valence-corrected chi connectivity index (χ2v) is 0.755. The molecule has 4 heteroatoms. The molecule has 0 rings (SSSR count). The van der Waals surface area contributed by atoms with Gasteiger partial charge in [0.1, 0.15) is 6.29 Å². The molecule has 0 saturated heterocycles. The maximum Gasteiger partial charge on any atom is 0.300 e. The van der Waals surface area contributed by atoms with E-state index in [1.807, 2.05) is 0 Å². The van der Waals surface area contributed by atoms with Gasteiger partial charge in [-0.1, -0.05) is 0 Å². The fourth-order valence-electron chi connectivity index (χ4n) is 0. The first-order valence-corrected chi connectivity index (χ1v) is 2.19. The molecule has 0 radical (unpaired) electrons. The minimum Gasteiger partial charge on any atom is -0.481 e. The van der Waals surface area contributed by atoms with Crippen molar-refractivity contribution in [3.8, 4) is 0 Å². The van der Waals surface area contributed by atoms with Crippen molar-refractivity contribution >= 4 is 12.3 Å². The zero-order valence-corrected chi connectivity index (χ0v) is 5.79. The fourth-order valence-corrected chi connectivity index (χ4v) is 0. The summed E-state index contributed by atoms with van der Waals surface area (Å²) in [6.45, 7) is 2.53. The van der Waals surface area contributed by atoms with E-state index in [0.29, 0.717) is 0 Å². The van der Waals surface area contributed by atoms with Crippen LogP contribution in [0, 0.1) is 0 Å². The van der Waals surface area contributed by atoms with Crippen LogP contribution in [0.1, 0.15) is 13.8 Å². The molecule has 0 fully saturated rings. The van der Waals surface area contributed by atoms with E-state index in [4.69, 9.17) is 19.8 Å². The quantitative estimate of drug-likeness (QED) is 0.456. The predicted molar refractivity (Wildman–Crippen MR) is 33.2 cm³/mol. The number of hydrogen-bond acceptors (Lipinski definition) is 3. The van der Waals surface area contributed by atoms with Gasteiger partial charge in [0.15, 0.2) is 0 Å². The number of aliphatic hydroxyl groups excluding tert-OH is 1. The molecule has 0 aliphatic carbocycles. The fraction of sp³-hybridized carbons (Fsp3) is 0.600. The number of carboxylic acid groups (broad SMARTS) is 1. The van der Waals surface area contributed by atoms with Crippen molar-refractivity contribution in [2.45, 2.75) is 13.8 Å². The van der Waals surface area contributed by atoms with E-state index in [0.717, 1.165) is 20.3 Å². The first-order chi connectivity index (χ1) is 4.15. The highest BCUT2D eigenvalue weighted by molar-refractivity contribution is 5.62. The Bertz CT molecular complexity index is 56.0. The standard InChI is InChI=1S/C2H4O2.C2H4O.CH4O/c1-2(3)4;1-2-3;1-2/h1H3,(H,3,4);2H,1H3;2H,1H3. The molecule has 0 spiro atoms. The smallest absolute Gasteiger partial charge is 0.300 e. The van der Waals surface area contributed by atoms with Crippen LogP contribution in [0.5, 0.6) is 0 Å². The lowest BCUT2D eigenvalue weighted by atomic mass is 10.9. The van der Waals surface area contributed by atoms with Crippen LogP contribution in [0.15, 0.2) is 0 Å². The molecule has 0 aromatic carbocycles. The maximum atomic E-state index is 9.00. The van der Waals surface area contributed by atoms with Crippen LogP contribution in [0.25, 0.3) is 0 Å². The van der Waals surface area contributed by atoms with Crippen LogP contribution in [-0.4, -0.2) is 29.6 Å². The molecular weight excluding hydrogens is 124 g/mol. The number of carbonyl (C=O) groups excluding carboxylic acids is 1. The minimum atomic E-state index is -0.833. The summed E-state index contributed by atoms with van der Waals surface area (Å²) >= 11 is 0. The molecule has 9 heavy (non-hydrogen) atoms. The normalized spacial score (nSPS) is 4.89. The number of aliphatic carboxylic acids is 1. The zero-order chi connectivity index (χ0) is 8.28. The summed E-state index contributed by atoms with van der Waals surface area (Å²) in [5.74, 6) is -0.833. The average molecular weight is 136 g/mol. The van der Waals surface area contributed by atoms with Crippen LogP contribution in [-0.2, 0) is 9.59 Å². The Hall–Kier alpha value is -0.900. The van der Waals surface area contributed by atoms with E-state index in [-0.39, 0.29) is 0 Å². The molecule has 0 saturated carbocycles. The number of aldehydes is 1. The minimum absolute atomic E-state index is 0.750. The van der Waals surface area contributed by atoms with Gasteiger partial charge >= 0.3 is 0 Å². The number of carbonyl (C=O) groups is 2. The Morgan fingerprint density at radius 3 is 1.44 bits per heavy atom. The van der Waals surface area contributed by atoms with E-state index >= 15 is 0 Å².